The summed E-state index contributed by atoms with van der Waals surface area (Å²) in [5.74, 6) is 0.629. The summed E-state index contributed by atoms with van der Waals surface area (Å²) < 4.78 is 2.04. The van der Waals surface area contributed by atoms with E-state index in [1.54, 1.807) is 0 Å². The van der Waals surface area contributed by atoms with Crippen molar-refractivity contribution in [1.29, 1.82) is 0 Å². The smallest absolute Gasteiger partial charge is 0.135 e. The van der Waals surface area contributed by atoms with Gasteiger partial charge in [-0.2, -0.15) is 0 Å². The maximum absolute atomic E-state index is 9.49. The highest BCUT2D eigenvalue weighted by molar-refractivity contribution is 5.22. The predicted octanol–water partition coefficient (Wildman–Crippen LogP) is 2.26. The third-order valence-electron chi connectivity index (χ3n) is 3.48. The van der Waals surface area contributed by atoms with Crippen LogP contribution in [0.2, 0.25) is 0 Å². The van der Waals surface area contributed by atoms with Crippen molar-refractivity contribution in [3.8, 4) is 0 Å². The highest BCUT2D eigenvalue weighted by atomic mass is 16.3. The number of rotatable bonds is 7. The Bertz CT molecular complexity index is 535. The minimum Gasteiger partial charge on any atom is -0.390 e. The molecule has 1 heterocycles. The molecule has 0 unspecified atom stereocenters. The molecular weight excluding hydrogens is 252 g/mol. The molecule has 2 aromatic rings. The van der Waals surface area contributed by atoms with E-state index >= 15 is 0 Å². The molecule has 0 bridgehead atoms. The van der Waals surface area contributed by atoms with Crippen LogP contribution in [0.1, 0.15) is 42.5 Å². The number of imidazole rings is 1. The van der Waals surface area contributed by atoms with Gasteiger partial charge in [0.1, 0.15) is 12.4 Å². The molecule has 20 heavy (non-hydrogen) atoms. The SMILES string of the molecule is CCCCc1c(CO)nc(CO)n1Cc1ccccc1. The van der Waals surface area contributed by atoms with Crippen LogP contribution < -0.4 is 0 Å². The first kappa shape index (κ1) is 14.8. The molecule has 0 aliphatic carbocycles. The first-order valence-electron chi connectivity index (χ1n) is 7.13. The third kappa shape index (κ3) is 3.26. The van der Waals surface area contributed by atoms with Crippen LogP contribution in [0.4, 0.5) is 0 Å². The number of unbranched alkanes of at least 4 members (excludes halogenated alkanes) is 1. The minimum absolute atomic E-state index is 0.0756. The zero-order chi connectivity index (χ0) is 14.4. The van der Waals surface area contributed by atoms with Crippen LogP contribution in [-0.2, 0) is 26.2 Å². The van der Waals surface area contributed by atoms with Gasteiger partial charge in [-0.3, -0.25) is 0 Å². The number of hydrogen-bond donors (Lipinski definition) is 2. The molecule has 0 saturated heterocycles. The second-order valence-corrected chi connectivity index (χ2v) is 4.91. The van der Waals surface area contributed by atoms with E-state index in [-0.39, 0.29) is 13.2 Å². The predicted molar refractivity (Wildman–Crippen MR) is 78.2 cm³/mol. The summed E-state index contributed by atoms with van der Waals surface area (Å²) in [7, 11) is 0. The van der Waals surface area contributed by atoms with Crippen molar-refractivity contribution in [2.75, 3.05) is 0 Å². The Labute approximate surface area is 119 Å². The summed E-state index contributed by atoms with van der Waals surface area (Å²) in [5, 5.41) is 18.9. The van der Waals surface area contributed by atoms with E-state index in [4.69, 9.17) is 0 Å². The van der Waals surface area contributed by atoms with E-state index in [0.29, 0.717) is 18.1 Å². The fourth-order valence-electron chi connectivity index (χ4n) is 2.42. The van der Waals surface area contributed by atoms with Gasteiger partial charge >= 0.3 is 0 Å². The van der Waals surface area contributed by atoms with E-state index in [0.717, 1.165) is 25.0 Å². The number of aliphatic hydroxyl groups is 2. The zero-order valence-corrected chi connectivity index (χ0v) is 11.9. The van der Waals surface area contributed by atoms with Crippen LogP contribution in [0.5, 0.6) is 0 Å². The number of benzene rings is 1. The molecule has 0 radical (unpaired) electrons. The monoisotopic (exact) mass is 274 g/mol. The second kappa shape index (κ2) is 7.22. The molecule has 108 valence electrons. The molecule has 2 rings (SSSR count). The van der Waals surface area contributed by atoms with Crippen LogP contribution in [0, 0.1) is 0 Å². The minimum atomic E-state index is -0.105. The quantitative estimate of drug-likeness (QED) is 0.814. The molecule has 0 spiro atoms. The van der Waals surface area contributed by atoms with Gasteiger partial charge in [0.25, 0.3) is 0 Å². The Morgan fingerprint density at radius 2 is 1.85 bits per heavy atom. The zero-order valence-electron chi connectivity index (χ0n) is 11.9. The molecule has 2 N–H and O–H groups in total. The summed E-state index contributed by atoms with van der Waals surface area (Å²) in [5.41, 5.74) is 2.91. The molecule has 0 atom stereocenters. The largest absolute Gasteiger partial charge is 0.390 e. The van der Waals surface area contributed by atoms with Gasteiger partial charge in [0.05, 0.1) is 12.3 Å². The molecule has 4 nitrogen and oxygen atoms in total. The van der Waals surface area contributed by atoms with Gasteiger partial charge in [0.2, 0.25) is 0 Å². The Kier molecular flexibility index (Phi) is 5.32. The Balaban J connectivity index is 2.35. The maximum atomic E-state index is 9.49. The number of hydrogen-bond acceptors (Lipinski definition) is 3. The molecular formula is C16H22N2O2. The Morgan fingerprint density at radius 3 is 2.45 bits per heavy atom. The molecule has 0 saturated carbocycles. The highest BCUT2D eigenvalue weighted by Gasteiger charge is 2.15. The molecule has 0 fully saturated rings. The lowest BCUT2D eigenvalue weighted by atomic mass is 10.1. The third-order valence-corrected chi connectivity index (χ3v) is 3.48. The van der Waals surface area contributed by atoms with E-state index in [2.05, 4.69) is 24.0 Å². The van der Waals surface area contributed by atoms with Gasteiger partial charge in [-0.15, -0.1) is 0 Å². The molecule has 1 aromatic heterocycles. The van der Waals surface area contributed by atoms with Crippen LogP contribution in [0.15, 0.2) is 30.3 Å². The van der Waals surface area contributed by atoms with Crippen LogP contribution in [0.25, 0.3) is 0 Å². The van der Waals surface area contributed by atoms with Crippen LogP contribution >= 0.6 is 0 Å². The number of nitrogens with zero attached hydrogens (tertiary/aromatic N) is 2. The average Bonchev–Trinajstić information content (AvgIpc) is 2.83. The average molecular weight is 274 g/mol. The Hall–Kier alpha value is -1.65. The van der Waals surface area contributed by atoms with Gasteiger partial charge in [0.15, 0.2) is 0 Å². The lowest BCUT2D eigenvalue weighted by Gasteiger charge is -2.12. The summed E-state index contributed by atoms with van der Waals surface area (Å²) in [6.07, 6.45) is 3.03. The van der Waals surface area contributed by atoms with E-state index in [9.17, 15) is 10.2 Å². The van der Waals surface area contributed by atoms with Crippen molar-refractivity contribution in [2.45, 2.75) is 45.9 Å². The molecule has 0 aliphatic rings. The van der Waals surface area contributed by atoms with Crippen LogP contribution in [-0.4, -0.2) is 19.8 Å². The van der Waals surface area contributed by atoms with Gasteiger partial charge in [-0.05, 0) is 18.4 Å². The molecule has 4 heteroatoms. The number of aromatic nitrogens is 2. The van der Waals surface area contributed by atoms with Crippen molar-refractivity contribution in [3.63, 3.8) is 0 Å². The van der Waals surface area contributed by atoms with Gasteiger partial charge < -0.3 is 14.8 Å². The topological polar surface area (TPSA) is 58.3 Å². The van der Waals surface area contributed by atoms with E-state index < -0.39 is 0 Å². The van der Waals surface area contributed by atoms with Crippen molar-refractivity contribution in [2.24, 2.45) is 0 Å². The van der Waals surface area contributed by atoms with E-state index in [1.165, 1.54) is 5.56 Å². The highest BCUT2D eigenvalue weighted by Crippen LogP contribution is 2.18. The van der Waals surface area contributed by atoms with Crippen molar-refractivity contribution in [1.82, 2.24) is 9.55 Å². The summed E-state index contributed by atoms with van der Waals surface area (Å²) in [4.78, 5) is 4.36. The molecule has 1 aromatic carbocycles. The van der Waals surface area contributed by atoms with Gasteiger partial charge in [-0.1, -0.05) is 43.7 Å². The lowest BCUT2D eigenvalue weighted by Crippen LogP contribution is -2.09. The maximum Gasteiger partial charge on any atom is 0.135 e. The van der Waals surface area contributed by atoms with Crippen molar-refractivity contribution in [3.05, 3.63) is 53.1 Å². The fourth-order valence-corrected chi connectivity index (χ4v) is 2.42. The summed E-state index contributed by atoms with van der Waals surface area (Å²) in [6.45, 7) is 2.64. The normalized spacial score (nSPS) is 10.9. The fraction of sp³-hybridized carbons (Fsp3) is 0.438. The molecule has 0 aliphatic heterocycles. The summed E-state index contributed by atoms with van der Waals surface area (Å²) >= 11 is 0. The van der Waals surface area contributed by atoms with Gasteiger partial charge in [-0.25, -0.2) is 4.98 Å². The first-order valence-corrected chi connectivity index (χ1v) is 7.13. The molecule has 0 amide bonds. The Morgan fingerprint density at radius 1 is 1.10 bits per heavy atom. The van der Waals surface area contributed by atoms with Crippen molar-refractivity contribution >= 4 is 0 Å². The van der Waals surface area contributed by atoms with Gasteiger partial charge in [0, 0.05) is 12.2 Å². The first-order chi connectivity index (χ1) is 9.80. The summed E-state index contributed by atoms with van der Waals surface area (Å²) in [6, 6.07) is 10.1. The second-order valence-electron chi connectivity index (χ2n) is 4.91. The van der Waals surface area contributed by atoms with E-state index in [1.807, 2.05) is 22.8 Å². The van der Waals surface area contributed by atoms with Crippen molar-refractivity contribution < 1.29 is 10.2 Å². The number of aliphatic hydroxyl groups excluding tert-OH is 2. The lowest BCUT2D eigenvalue weighted by molar-refractivity contribution is 0.263. The van der Waals surface area contributed by atoms with Crippen LogP contribution in [0.3, 0.4) is 0 Å². The standard InChI is InChI=1S/C16H22N2O2/c1-2-3-9-15-14(11-19)17-16(12-20)18(15)10-13-7-5-4-6-8-13/h4-8,19-20H,2-3,9-12H2,1H3.